The number of nitrogens with two attached hydrogens (primary N) is 1. The quantitative estimate of drug-likeness (QED) is 0.927. The molecule has 116 valence electrons. The van der Waals surface area contributed by atoms with Gasteiger partial charge >= 0.3 is 0 Å². The van der Waals surface area contributed by atoms with Gasteiger partial charge in [-0.3, -0.25) is 4.79 Å². The molecule has 21 heavy (non-hydrogen) atoms. The molecule has 1 heterocycles. The number of aryl methyl sites for hydroxylation is 1. The van der Waals surface area contributed by atoms with Gasteiger partial charge in [0, 0.05) is 24.7 Å². The van der Waals surface area contributed by atoms with E-state index in [4.69, 9.17) is 10.5 Å². The molecule has 0 saturated carbocycles. The molecule has 4 nitrogen and oxygen atoms in total. The van der Waals surface area contributed by atoms with Crippen LogP contribution in [0.15, 0.2) is 18.2 Å². The Balaban J connectivity index is 2.09. The van der Waals surface area contributed by atoms with E-state index in [1.807, 2.05) is 43.9 Å². The van der Waals surface area contributed by atoms with Crippen molar-refractivity contribution in [2.45, 2.75) is 52.2 Å². The van der Waals surface area contributed by atoms with E-state index in [1.165, 1.54) is 6.42 Å². The number of rotatable bonds is 4. The van der Waals surface area contributed by atoms with Crippen molar-refractivity contribution < 1.29 is 9.53 Å². The molecule has 1 amide bonds. The third kappa shape index (κ3) is 3.97. The SMILES string of the molecule is Cc1ccc([C@H](C)N)c(OC(C)C(=O)N2CCCCC2)c1. The number of hydrogen-bond acceptors (Lipinski definition) is 3. The van der Waals surface area contributed by atoms with Gasteiger partial charge in [0.1, 0.15) is 5.75 Å². The minimum Gasteiger partial charge on any atom is -0.481 e. The molecule has 1 aromatic carbocycles. The van der Waals surface area contributed by atoms with Gasteiger partial charge < -0.3 is 15.4 Å². The van der Waals surface area contributed by atoms with Crippen molar-refractivity contribution >= 4 is 5.91 Å². The molecule has 2 rings (SSSR count). The highest BCUT2D eigenvalue weighted by Gasteiger charge is 2.24. The van der Waals surface area contributed by atoms with Gasteiger partial charge in [-0.25, -0.2) is 0 Å². The van der Waals surface area contributed by atoms with Crippen LogP contribution in [0, 0.1) is 6.92 Å². The summed E-state index contributed by atoms with van der Waals surface area (Å²) in [6.45, 7) is 7.45. The smallest absolute Gasteiger partial charge is 0.263 e. The number of hydrogen-bond donors (Lipinski definition) is 1. The van der Waals surface area contributed by atoms with Crippen LogP contribution in [0.2, 0.25) is 0 Å². The van der Waals surface area contributed by atoms with Crippen LogP contribution in [0.3, 0.4) is 0 Å². The predicted octanol–water partition coefficient (Wildman–Crippen LogP) is 2.79. The van der Waals surface area contributed by atoms with Crippen LogP contribution < -0.4 is 10.5 Å². The summed E-state index contributed by atoms with van der Waals surface area (Å²) in [7, 11) is 0. The molecule has 1 unspecified atom stereocenters. The van der Waals surface area contributed by atoms with Gasteiger partial charge in [-0.15, -0.1) is 0 Å². The highest BCUT2D eigenvalue weighted by Crippen LogP contribution is 2.26. The lowest BCUT2D eigenvalue weighted by molar-refractivity contribution is -0.138. The Bertz CT molecular complexity index is 494. The molecule has 0 bridgehead atoms. The third-order valence-electron chi connectivity index (χ3n) is 3.98. The second kappa shape index (κ2) is 6.94. The standard InChI is InChI=1S/C17H26N2O2/c1-12-7-8-15(13(2)18)16(11-12)21-14(3)17(20)19-9-5-4-6-10-19/h7-8,11,13-14H,4-6,9-10,18H2,1-3H3/t13-,14?/m0/s1. The number of carbonyl (C=O) groups is 1. The fraction of sp³-hybridized carbons (Fsp3) is 0.588. The van der Waals surface area contributed by atoms with Crippen LogP contribution in [0.1, 0.15) is 50.3 Å². The maximum atomic E-state index is 12.4. The average molecular weight is 290 g/mol. The number of benzene rings is 1. The normalized spacial score (nSPS) is 18.2. The first-order valence-corrected chi connectivity index (χ1v) is 7.80. The number of piperidine rings is 1. The summed E-state index contributed by atoms with van der Waals surface area (Å²) in [6, 6.07) is 5.84. The van der Waals surface area contributed by atoms with Gasteiger partial charge in [0.2, 0.25) is 0 Å². The van der Waals surface area contributed by atoms with Gasteiger partial charge in [0.25, 0.3) is 5.91 Å². The lowest BCUT2D eigenvalue weighted by atomic mass is 10.1. The highest BCUT2D eigenvalue weighted by molar-refractivity contribution is 5.81. The molecule has 2 atom stereocenters. The molecule has 0 spiro atoms. The van der Waals surface area contributed by atoms with E-state index in [2.05, 4.69) is 0 Å². The summed E-state index contributed by atoms with van der Waals surface area (Å²) >= 11 is 0. The second-order valence-corrected chi connectivity index (χ2v) is 5.98. The van der Waals surface area contributed by atoms with Crippen molar-refractivity contribution in [2.75, 3.05) is 13.1 Å². The fourth-order valence-electron chi connectivity index (χ4n) is 2.73. The predicted molar refractivity (Wildman–Crippen MR) is 84.3 cm³/mol. The van der Waals surface area contributed by atoms with Crippen molar-refractivity contribution in [2.24, 2.45) is 5.73 Å². The number of amides is 1. The molecule has 1 fully saturated rings. The summed E-state index contributed by atoms with van der Waals surface area (Å²) < 4.78 is 5.93. The lowest BCUT2D eigenvalue weighted by Gasteiger charge is -2.29. The van der Waals surface area contributed by atoms with Crippen molar-refractivity contribution in [3.05, 3.63) is 29.3 Å². The first-order chi connectivity index (χ1) is 9.99. The van der Waals surface area contributed by atoms with Crippen LogP contribution in [-0.2, 0) is 4.79 Å². The minimum absolute atomic E-state index is 0.0758. The molecule has 1 aliphatic rings. The Morgan fingerprint density at radius 1 is 1.24 bits per heavy atom. The molecule has 4 heteroatoms. The molecule has 1 aromatic rings. The fourth-order valence-corrected chi connectivity index (χ4v) is 2.73. The first-order valence-electron chi connectivity index (χ1n) is 7.80. The molecule has 0 aromatic heterocycles. The maximum Gasteiger partial charge on any atom is 0.263 e. The summed E-state index contributed by atoms with van der Waals surface area (Å²) in [5.41, 5.74) is 8.03. The molecule has 0 radical (unpaired) electrons. The third-order valence-corrected chi connectivity index (χ3v) is 3.98. The van der Waals surface area contributed by atoms with Gasteiger partial charge in [-0.1, -0.05) is 12.1 Å². The van der Waals surface area contributed by atoms with Crippen molar-refractivity contribution in [3.63, 3.8) is 0 Å². The Labute approximate surface area is 127 Å². The van der Waals surface area contributed by atoms with Crippen LogP contribution in [0.25, 0.3) is 0 Å². The molecular formula is C17H26N2O2. The zero-order chi connectivity index (χ0) is 15.4. The Morgan fingerprint density at radius 3 is 2.52 bits per heavy atom. The summed E-state index contributed by atoms with van der Waals surface area (Å²) in [4.78, 5) is 14.4. The van der Waals surface area contributed by atoms with Crippen LogP contribution in [-0.4, -0.2) is 30.0 Å². The Hall–Kier alpha value is -1.55. The van der Waals surface area contributed by atoms with Crippen LogP contribution in [0.5, 0.6) is 5.75 Å². The van der Waals surface area contributed by atoms with E-state index >= 15 is 0 Å². The maximum absolute atomic E-state index is 12.4. The summed E-state index contributed by atoms with van der Waals surface area (Å²) in [6.07, 6.45) is 2.93. The van der Waals surface area contributed by atoms with Gasteiger partial charge in [-0.2, -0.15) is 0 Å². The zero-order valence-electron chi connectivity index (χ0n) is 13.3. The highest BCUT2D eigenvalue weighted by atomic mass is 16.5. The van der Waals surface area contributed by atoms with E-state index in [1.54, 1.807) is 0 Å². The largest absolute Gasteiger partial charge is 0.481 e. The zero-order valence-corrected chi connectivity index (χ0v) is 13.3. The lowest BCUT2D eigenvalue weighted by Crippen LogP contribution is -2.43. The van der Waals surface area contributed by atoms with Crippen LogP contribution >= 0.6 is 0 Å². The first kappa shape index (κ1) is 15.8. The Kier molecular flexibility index (Phi) is 5.23. The molecule has 2 N–H and O–H groups in total. The van der Waals surface area contributed by atoms with E-state index in [0.717, 1.165) is 42.8 Å². The number of likely N-dealkylation sites (tertiary alicyclic amines) is 1. The Morgan fingerprint density at radius 2 is 1.90 bits per heavy atom. The van der Waals surface area contributed by atoms with Crippen molar-refractivity contribution in [1.82, 2.24) is 4.90 Å². The summed E-state index contributed by atoms with van der Waals surface area (Å²) in [5.74, 6) is 0.801. The molecular weight excluding hydrogens is 264 g/mol. The number of nitrogens with zero attached hydrogens (tertiary/aromatic N) is 1. The van der Waals surface area contributed by atoms with Gasteiger partial charge in [-0.05, 0) is 51.7 Å². The monoisotopic (exact) mass is 290 g/mol. The topological polar surface area (TPSA) is 55.6 Å². The number of carbonyl (C=O) groups excluding carboxylic acids is 1. The van der Waals surface area contributed by atoms with E-state index in [0.29, 0.717) is 0 Å². The number of ether oxygens (including phenoxy) is 1. The van der Waals surface area contributed by atoms with E-state index < -0.39 is 6.10 Å². The van der Waals surface area contributed by atoms with Crippen molar-refractivity contribution in [3.8, 4) is 5.75 Å². The van der Waals surface area contributed by atoms with Gasteiger partial charge in [0.05, 0.1) is 0 Å². The molecule has 1 aliphatic heterocycles. The average Bonchev–Trinajstić information content (AvgIpc) is 2.47. The van der Waals surface area contributed by atoms with E-state index in [9.17, 15) is 4.79 Å². The van der Waals surface area contributed by atoms with E-state index in [-0.39, 0.29) is 11.9 Å². The van der Waals surface area contributed by atoms with Crippen molar-refractivity contribution in [1.29, 1.82) is 0 Å². The summed E-state index contributed by atoms with van der Waals surface area (Å²) in [5, 5.41) is 0. The second-order valence-electron chi connectivity index (χ2n) is 5.98. The van der Waals surface area contributed by atoms with Crippen LogP contribution in [0.4, 0.5) is 0 Å². The minimum atomic E-state index is -0.470. The molecule has 0 aliphatic carbocycles. The van der Waals surface area contributed by atoms with Gasteiger partial charge in [0.15, 0.2) is 6.10 Å². The molecule has 1 saturated heterocycles.